The maximum absolute atomic E-state index is 4.35. The summed E-state index contributed by atoms with van der Waals surface area (Å²) >= 11 is 1.55. The topological polar surface area (TPSA) is 37.8 Å². The molecule has 18 heavy (non-hydrogen) atoms. The number of nitrogens with one attached hydrogen (secondary N) is 1. The fraction of sp³-hybridized carbons (Fsp3) is 0.857. The van der Waals surface area contributed by atoms with E-state index in [1.807, 2.05) is 0 Å². The van der Waals surface area contributed by atoms with Crippen molar-refractivity contribution in [2.45, 2.75) is 65.8 Å². The lowest BCUT2D eigenvalue weighted by Gasteiger charge is -2.24. The van der Waals surface area contributed by atoms with E-state index < -0.39 is 0 Å². The minimum atomic E-state index is 0.0749. The molecule has 0 fully saturated rings. The van der Waals surface area contributed by atoms with E-state index in [4.69, 9.17) is 0 Å². The van der Waals surface area contributed by atoms with Gasteiger partial charge in [-0.2, -0.15) is 0 Å². The summed E-state index contributed by atoms with van der Waals surface area (Å²) in [6, 6.07) is 0.402. The van der Waals surface area contributed by atoms with Gasteiger partial charge in [-0.1, -0.05) is 52.5 Å². The highest BCUT2D eigenvalue weighted by atomic mass is 32.1. The van der Waals surface area contributed by atoms with Gasteiger partial charge in [0.1, 0.15) is 0 Å². The maximum atomic E-state index is 4.35. The van der Waals surface area contributed by atoms with Crippen LogP contribution in [0.25, 0.3) is 0 Å². The van der Waals surface area contributed by atoms with Crippen molar-refractivity contribution in [2.24, 2.45) is 5.92 Å². The molecule has 0 aromatic carbocycles. The Hall–Kier alpha value is -0.480. The Labute approximate surface area is 116 Å². The van der Waals surface area contributed by atoms with Gasteiger partial charge >= 0.3 is 0 Å². The zero-order valence-corrected chi connectivity index (χ0v) is 13.4. The van der Waals surface area contributed by atoms with Gasteiger partial charge in [0.2, 0.25) is 0 Å². The third-order valence-corrected chi connectivity index (χ3v) is 4.16. The van der Waals surface area contributed by atoms with E-state index in [2.05, 4.69) is 56.4 Å². The highest BCUT2D eigenvalue weighted by Gasteiger charge is 2.27. The second-order valence-corrected chi connectivity index (χ2v) is 6.88. The number of hydrogen-bond donors (Lipinski definition) is 1. The zero-order chi connectivity index (χ0) is 13.8. The van der Waals surface area contributed by atoms with Crippen LogP contribution in [0, 0.1) is 5.92 Å². The van der Waals surface area contributed by atoms with Crippen molar-refractivity contribution in [1.29, 1.82) is 0 Å². The molecule has 1 rings (SSSR count). The Bertz CT molecular complexity index is 354. The van der Waals surface area contributed by atoms with E-state index in [9.17, 15) is 0 Å². The first-order valence-electron chi connectivity index (χ1n) is 6.96. The van der Waals surface area contributed by atoms with Crippen LogP contribution in [0.1, 0.15) is 71.0 Å². The minimum Gasteiger partial charge on any atom is -0.309 e. The third-order valence-electron chi connectivity index (χ3n) is 3.33. The molecule has 0 saturated heterocycles. The second kappa shape index (κ2) is 6.62. The fourth-order valence-electron chi connectivity index (χ4n) is 2.04. The molecule has 1 heterocycles. The summed E-state index contributed by atoms with van der Waals surface area (Å²) in [7, 11) is 0. The molecule has 0 aliphatic heterocycles. The van der Waals surface area contributed by atoms with Crippen molar-refractivity contribution >= 4 is 11.5 Å². The Kier molecular flexibility index (Phi) is 5.73. The van der Waals surface area contributed by atoms with Crippen LogP contribution in [0.2, 0.25) is 0 Å². The van der Waals surface area contributed by atoms with Gasteiger partial charge in [-0.3, -0.25) is 0 Å². The average molecular weight is 269 g/mol. The predicted molar refractivity (Wildman–Crippen MR) is 79.1 cm³/mol. The van der Waals surface area contributed by atoms with E-state index in [0.717, 1.165) is 24.6 Å². The lowest BCUT2D eigenvalue weighted by Crippen LogP contribution is -2.25. The van der Waals surface area contributed by atoms with Crippen LogP contribution < -0.4 is 5.32 Å². The molecule has 0 saturated carbocycles. The Morgan fingerprint density at radius 2 is 1.94 bits per heavy atom. The van der Waals surface area contributed by atoms with Crippen LogP contribution in [0.3, 0.4) is 0 Å². The molecule has 0 amide bonds. The molecule has 4 heteroatoms. The first kappa shape index (κ1) is 15.6. The van der Waals surface area contributed by atoms with Gasteiger partial charge < -0.3 is 5.32 Å². The molecule has 0 spiro atoms. The fourth-order valence-corrected chi connectivity index (χ4v) is 3.00. The summed E-state index contributed by atoms with van der Waals surface area (Å²) in [5, 5.41) is 7.95. The Morgan fingerprint density at radius 1 is 1.28 bits per heavy atom. The summed E-state index contributed by atoms with van der Waals surface area (Å²) in [4.78, 5) is 1.32. The summed E-state index contributed by atoms with van der Waals surface area (Å²) in [5.41, 5.74) is 1.23. The third kappa shape index (κ3) is 4.02. The van der Waals surface area contributed by atoms with Gasteiger partial charge in [-0.25, -0.2) is 0 Å². The molecule has 1 aromatic rings. The van der Waals surface area contributed by atoms with E-state index in [1.165, 1.54) is 11.3 Å². The van der Waals surface area contributed by atoms with Crippen molar-refractivity contribution in [2.75, 3.05) is 6.54 Å². The molecule has 0 bridgehead atoms. The lowest BCUT2D eigenvalue weighted by molar-refractivity contribution is 0.405. The van der Waals surface area contributed by atoms with Crippen molar-refractivity contribution in [1.82, 2.24) is 14.9 Å². The smallest absolute Gasteiger partial charge is 0.0857 e. The molecule has 0 aliphatic rings. The van der Waals surface area contributed by atoms with E-state index in [-0.39, 0.29) is 5.41 Å². The molecular formula is C14H27N3S. The van der Waals surface area contributed by atoms with Crippen LogP contribution in [0.4, 0.5) is 0 Å². The van der Waals surface area contributed by atoms with Gasteiger partial charge in [0.05, 0.1) is 10.6 Å². The van der Waals surface area contributed by atoms with Gasteiger partial charge in [0, 0.05) is 11.5 Å². The molecule has 0 aliphatic carbocycles. The van der Waals surface area contributed by atoms with Crippen molar-refractivity contribution < 1.29 is 0 Å². The normalized spacial score (nSPS) is 15.7. The molecule has 1 N–H and O–H groups in total. The standard InChI is InChI=1S/C14H27N3S/c1-7-10(3)9-11(15-8-2)12-13(14(4,5)6)16-17-18-12/h10-11,15H,7-9H2,1-6H3. The quantitative estimate of drug-likeness (QED) is 0.850. The first-order chi connectivity index (χ1) is 8.40. The zero-order valence-electron chi connectivity index (χ0n) is 12.6. The minimum absolute atomic E-state index is 0.0749. The summed E-state index contributed by atoms with van der Waals surface area (Å²) < 4.78 is 4.18. The Morgan fingerprint density at radius 3 is 2.44 bits per heavy atom. The monoisotopic (exact) mass is 269 g/mol. The molecular weight excluding hydrogens is 242 g/mol. The summed E-state index contributed by atoms with van der Waals surface area (Å²) in [6.07, 6.45) is 2.39. The Balaban J connectivity index is 2.95. The molecule has 2 unspecified atom stereocenters. The van der Waals surface area contributed by atoms with E-state index in [1.54, 1.807) is 11.5 Å². The SMILES string of the molecule is CCNC(CC(C)CC)c1snnc1C(C)(C)C. The summed E-state index contributed by atoms with van der Waals surface area (Å²) in [5.74, 6) is 0.726. The summed E-state index contributed by atoms with van der Waals surface area (Å²) in [6.45, 7) is 14.3. The van der Waals surface area contributed by atoms with Gasteiger partial charge in [-0.15, -0.1) is 5.10 Å². The van der Waals surface area contributed by atoms with Crippen LogP contribution in [-0.2, 0) is 5.41 Å². The largest absolute Gasteiger partial charge is 0.309 e. The van der Waals surface area contributed by atoms with Gasteiger partial charge in [0.25, 0.3) is 0 Å². The highest BCUT2D eigenvalue weighted by Crippen LogP contribution is 2.33. The molecule has 1 aromatic heterocycles. The van der Waals surface area contributed by atoms with Crippen LogP contribution >= 0.6 is 11.5 Å². The highest BCUT2D eigenvalue weighted by molar-refractivity contribution is 7.05. The maximum Gasteiger partial charge on any atom is 0.0857 e. The van der Waals surface area contributed by atoms with Crippen molar-refractivity contribution in [3.63, 3.8) is 0 Å². The van der Waals surface area contributed by atoms with Gasteiger partial charge in [-0.05, 0) is 30.4 Å². The predicted octanol–water partition coefficient (Wildman–Crippen LogP) is 3.92. The van der Waals surface area contributed by atoms with E-state index in [0.29, 0.717) is 6.04 Å². The molecule has 0 radical (unpaired) electrons. The lowest BCUT2D eigenvalue weighted by atomic mass is 9.88. The first-order valence-corrected chi connectivity index (χ1v) is 7.73. The number of nitrogens with zero attached hydrogens (tertiary/aromatic N) is 2. The molecule has 3 nitrogen and oxygen atoms in total. The molecule has 104 valence electrons. The van der Waals surface area contributed by atoms with Crippen molar-refractivity contribution in [3.05, 3.63) is 10.6 Å². The van der Waals surface area contributed by atoms with Crippen LogP contribution in [0.5, 0.6) is 0 Å². The average Bonchev–Trinajstić information content (AvgIpc) is 2.76. The van der Waals surface area contributed by atoms with Crippen LogP contribution in [-0.4, -0.2) is 16.1 Å². The number of aromatic nitrogens is 2. The molecule has 2 atom stereocenters. The number of hydrogen-bond acceptors (Lipinski definition) is 4. The van der Waals surface area contributed by atoms with Gasteiger partial charge in [0.15, 0.2) is 0 Å². The second-order valence-electron chi connectivity index (χ2n) is 6.10. The van der Waals surface area contributed by atoms with Crippen molar-refractivity contribution in [3.8, 4) is 0 Å². The van der Waals surface area contributed by atoms with Crippen LogP contribution in [0.15, 0.2) is 0 Å². The van der Waals surface area contributed by atoms with E-state index >= 15 is 0 Å². The number of rotatable bonds is 6.